The summed E-state index contributed by atoms with van der Waals surface area (Å²) in [5.41, 5.74) is 4.02. The van der Waals surface area contributed by atoms with Gasteiger partial charge < -0.3 is 4.74 Å². The van der Waals surface area contributed by atoms with Crippen LogP contribution in [0.4, 0.5) is 0 Å². The van der Waals surface area contributed by atoms with Crippen LogP contribution in [-0.4, -0.2) is 43.7 Å². The highest BCUT2D eigenvalue weighted by atomic mass is 16.5. The molecule has 2 rings (SSSR count). The Morgan fingerprint density at radius 1 is 1.24 bits per heavy atom. The number of aryl methyl sites for hydroxylation is 2. The molecule has 3 heteroatoms. The molecule has 0 aromatic heterocycles. The van der Waals surface area contributed by atoms with Crippen molar-refractivity contribution in [3.8, 4) is 0 Å². The fraction of sp³-hybridized carbons (Fsp3) is 0.591. The molecule has 2 atom stereocenters. The number of amides is 1. The summed E-state index contributed by atoms with van der Waals surface area (Å²) >= 11 is 0. The van der Waals surface area contributed by atoms with Gasteiger partial charge in [0.1, 0.15) is 0 Å². The third kappa shape index (κ3) is 5.26. The monoisotopic (exact) mass is 344 g/mol. The first kappa shape index (κ1) is 19.9. The van der Waals surface area contributed by atoms with Gasteiger partial charge in [0.25, 0.3) is 0 Å². The van der Waals surface area contributed by atoms with Crippen LogP contribution in [0.3, 0.4) is 0 Å². The molecule has 2 unspecified atom stereocenters. The summed E-state index contributed by atoms with van der Waals surface area (Å²) in [6.07, 6.45) is 7.82. The van der Waals surface area contributed by atoms with Crippen LogP contribution in [0.5, 0.6) is 0 Å². The third-order valence-corrected chi connectivity index (χ3v) is 5.58. The lowest BCUT2D eigenvalue weighted by atomic mass is 10.00. The van der Waals surface area contributed by atoms with Gasteiger partial charge in [-0.2, -0.15) is 0 Å². The Hall–Kier alpha value is -1.45. The third-order valence-electron chi connectivity index (χ3n) is 5.58. The molecule has 0 radical (unpaired) electrons. The molecule has 1 saturated heterocycles. The van der Waals surface area contributed by atoms with Crippen molar-refractivity contribution in [3.63, 3.8) is 0 Å². The summed E-state index contributed by atoms with van der Waals surface area (Å²) < 4.78 is 5.98. The van der Waals surface area contributed by atoms with Gasteiger partial charge in [-0.3, -0.25) is 4.48 Å². The number of hydrogen-bond acceptors (Lipinski definition) is 2. The number of carbonyl (C=O) groups excluding carboxylic acids is 1. The van der Waals surface area contributed by atoms with Crippen molar-refractivity contribution in [2.45, 2.75) is 46.5 Å². The molecule has 1 heterocycles. The van der Waals surface area contributed by atoms with E-state index in [-0.39, 0.29) is 0 Å². The number of rotatable bonds is 8. The number of quaternary nitrogens is 1. The number of nitrogens with zero attached hydrogens (tertiary/aromatic N) is 1. The number of carbonyl (C=O) groups is 1. The lowest BCUT2D eigenvalue weighted by Gasteiger charge is -2.32. The Morgan fingerprint density at radius 3 is 2.60 bits per heavy atom. The van der Waals surface area contributed by atoms with Crippen molar-refractivity contribution in [1.29, 1.82) is 0 Å². The standard InChI is InChI=1S/C22H34NO2/c1-5-20-12-11-18(15-21(20)6-2)9-8-10-22(24)23(4,7-3)16-19-13-14-25-17-19/h8-9,11-12,15,19H,5-7,10,13-14,16-17H2,1-4H3/q+1. The highest BCUT2D eigenvalue weighted by Crippen LogP contribution is 2.20. The Kier molecular flexibility index (Phi) is 7.39. The van der Waals surface area contributed by atoms with Gasteiger partial charge in [0.15, 0.2) is 0 Å². The van der Waals surface area contributed by atoms with Crippen molar-refractivity contribution < 1.29 is 14.0 Å². The predicted molar refractivity (Wildman–Crippen MR) is 104 cm³/mol. The van der Waals surface area contributed by atoms with E-state index in [1.807, 2.05) is 6.08 Å². The topological polar surface area (TPSA) is 26.3 Å². The molecule has 138 valence electrons. The van der Waals surface area contributed by atoms with Crippen LogP contribution in [0.1, 0.15) is 50.3 Å². The second-order valence-electron chi connectivity index (χ2n) is 7.36. The summed E-state index contributed by atoms with van der Waals surface area (Å²) in [7, 11) is 2.07. The molecule has 1 aliphatic heterocycles. The average Bonchev–Trinajstić information content (AvgIpc) is 3.13. The smallest absolute Gasteiger partial charge is 0.317 e. The molecule has 1 amide bonds. The van der Waals surface area contributed by atoms with E-state index in [1.165, 1.54) is 16.7 Å². The Balaban J connectivity index is 1.98. The summed E-state index contributed by atoms with van der Waals surface area (Å²) in [6, 6.07) is 6.62. The minimum Gasteiger partial charge on any atom is -0.381 e. The maximum Gasteiger partial charge on any atom is 0.317 e. The van der Waals surface area contributed by atoms with Gasteiger partial charge in [-0.15, -0.1) is 0 Å². The van der Waals surface area contributed by atoms with Gasteiger partial charge in [0, 0.05) is 12.5 Å². The average molecular weight is 345 g/mol. The normalized spacial score (nSPS) is 20.1. The maximum absolute atomic E-state index is 12.8. The zero-order valence-electron chi connectivity index (χ0n) is 16.4. The van der Waals surface area contributed by atoms with Crippen LogP contribution in [0.2, 0.25) is 0 Å². The summed E-state index contributed by atoms with van der Waals surface area (Å²) in [4.78, 5) is 12.8. The maximum atomic E-state index is 12.8. The van der Waals surface area contributed by atoms with Crippen LogP contribution in [0, 0.1) is 5.92 Å². The molecule has 0 saturated carbocycles. The minimum atomic E-state index is 0.298. The van der Waals surface area contributed by atoms with Crippen molar-refractivity contribution in [2.75, 3.05) is 33.4 Å². The first-order valence-corrected chi connectivity index (χ1v) is 9.76. The Morgan fingerprint density at radius 2 is 2.00 bits per heavy atom. The first-order chi connectivity index (χ1) is 12.0. The summed E-state index contributed by atoms with van der Waals surface area (Å²) in [6.45, 7) is 9.89. The van der Waals surface area contributed by atoms with Gasteiger partial charge in [-0.1, -0.05) is 44.2 Å². The van der Waals surface area contributed by atoms with Crippen molar-refractivity contribution in [1.82, 2.24) is 0 Å². The highest BCUT2D eigenvalue weighted by Gasteiger charge is 2.33. The molecule has 0 spiro atoms. The molecule has 3 nitrogen and oxygen atoms in total. The minimum absolute atomic E-state index is 0.298. The molecule has 0 N–H and O–H groups in total. The molecule has 0 aliphatic carbocycles. The van der Waals surface area contributed by atoms with Crippen LogP contribution < -0.4 is 0 Å². The van der Waals surface area contributed by atoms with Crippen LogP contribution >= 0.6 is 0 Å². The zero-order chi connectivity index (χ0) is 18.3. The summed E-state index contributed by atoms with van der Waals surface area (Å²) in [5.74, 6) is 0.818. The van der Waals surface area contributed by atoms with Gasteiger partial charge in [-0.25, -0.2) is 4.79 Å². The quantitative estimate of drug-likeness (QED) is 0.659. The van der Waals surface area contributed by atoms with E-state index in [0.29, 0.717) is 22.7 Å². The number of benzene rings is 1. The fourth-order valence-electron chi connectivity index (χ4n) is 3.64. The number of hydrogen-bond donors (Lipinski definition) is 0. The molecule has 0 bridgehead atoms. The van der Waals surface area contributed by atoms with E-state index in [9.17, 15) is 4.79 Å². The number of ether oxygens (including phenoxy) is 1. The lowest BCUT2D eigenvalue weighted by Crippen LogP contribution is -2.51. The van der Waals surface area contributed by atoms with E-state index < -0.39 is 0 Å². The fourth-order valence-corrected chi connectivity index (χ4v) is 3.64. The van der Waals surface area contributed by atoms with Crippen molar-refractivity contribution in [3.05, 3.63) is 41.0 Å². The molecule has 25 heavy (non-hydrogen) atoms. The van der Waals surface area contributed by atoms with Crippen molar-refractivity contribution >= 4 is 12.0 Å². The SMILES string of the molecule is CCc1ccc(C=CCC(=O)[N+](C)(CC)CC2CCOC2)cc1CC. The van der Waals surface area contributed by atoms with Gasteiger partial charge in [0.2, 0.25) is 0 Å². The van der Waals surface area contributed by atoms with Crippen LogP contribution in [-0.2, 0) is 22.4 Å². The Bertz CT molecular complexity index is 602. The van der Waals surface area contributed by atoms with Gasteiger partial charge >= 0.3 is 5.91 Å². The van der Waals surface area contributed by atoms with E-state index in [2.05, 4.69) is 52.1 Å². The zero-order valence-corrected chi connectivity index (χ0v) is 16.4. The van der Waals surface area contributed by atoms with E-state index in [4.69, 9.17) is 4.74 Å². The molecular formula is C22H34NO2+. The highest BCUT2D eigenvalue weighted by molar-refractivity contribution is 5.72. The lowest BCUT2D eigenvalue weighted by molar-refractivity contribution is -0.836. The molecule has 1 aliphatic rings. The molecule has 1 fully saturated rings. The van der Waals surface area contributed by atoms with E-state index in [0.717, 1.165) is 45.6 Å². The largest absolute Gasteiger partial charge is 0.381 e. The van der Waals surface area contributed by atoms with Gasteiger partial charge in [0.05, 0.1) is 33.2 Å². The molecule has 1 aromatic carbocycles. The second kappa shape index (κ2) is 9.30. The Labute approximate surface area is 153 Å². The molecular weight excluding hydrogens is 310 g/mol. The first-order valence-electron chi connectivity index (χ1n) is 9.76. The van der Waals surface area contributed by atoms with Crippen molar-refractivity contribution in [2.24, 2.45) is 5.92 Å². The van der Waals surface area contributed by atoms with Crippen LogP contribution in [0.15, 0.2) is 24.3 Å². The predicted octanol–water partition coefficient (Wildman–Crippen LogP) is 4.24. The van der Waals surface area contributed by atoms with Gasteiger partial charge in [-0.05, 0) is 42.9 Å². The summed E-state index contributed by atoms with van der Waals surface area (Å²) in [5, 5.41) is 0. The van der Waals surface area contributed by atoms with E-state index >= 15 is 0 Å². The second-order valence-corrected chi connectivity index (χ2v) is 7.36. The van der Waals surface area contributed by atoms with E-state index in [1.54, 1.807) is 0 Å². The molecule has 1 aromatic rings. The van der Waals surface area contributed by atoms with Crippen LogP contribution in [0.25, 0.3) is 6.08 Å².